The minimum Gasteiger partial charge on any atom is -0.371 e. The van der Waals surface area contributed by atoms with Gasteiger partial charge in [0, 0.05) is 25.9 Å². The van der Waals surface area contributed by atoms with Gasteiger partial charge in [0.2, 0.25) is 5.92 Å². The summed E-state index contributed by atoms with van der Waals surface area (Å²) < 4.78 is 31.9. The van der Waals surface area contributed by atoms with Crippen LogP contribution in [-0.4, -0.2) is 24.4 Å². The van der Waals surface area contributed by atoms with E-state index < -0.39 is 12.0 Å². The molecule has 0 aliphatic heterocycles. The Balaban J connectivity index is 2.46. The Bertz CT molecular complexity index is 261. The van der Waals surface area contributed by atoms with Gasteiger partial charge in [-0.2, -0.15) is 0 Å². The fraction of sp³-hybridized carbons (Fsp3) is 0.929. The molecule has 0 aromatic carbocycles. The third-order valence-electron chi connectivity index (χ3n) is 3.51. The molecule has 0 spiro atoms. The van der Waals surface area contributed by atoms with Crippen molar-refractivity contribution in [3.05, 3.63) is 0 Å². The Morgan fingerprint density at radius 1 is 1.44 bits per heavy atom. The Kier molecular flexibility index (Phi) is 6.19. The van der Waals surface area contributed by atoms with E-state index in [1.165, 1.54) is 0 Å². The van der Waals surface area contributed by atoms with E-state index >= 15 is 0 Å². The lowest BCUT2D eigenvalue weighted by Gasteiger charge is -2.29. The molecule has 106 valence electrons. The van der Waals surface area contributed by atoms with Gasteiger partial charge in [-0.15, -0.1) is 0 Å². The van der Waals surface area contributed by atoms with Gasteiger partial charge in [0.15, 0.2) is 5.78 Å². The van der Waals surface area contributed by atoms with E-state index in [2.05, 4.69) is 0 Å². The van der Waals surface area contributed by atoms with Crippen molar-refractivity contribution in [3.63, 3.8) is 0 Å². The monoisotopic (exact) mass is 262 g/mol. The molecule has 1 rings (SSSR count). The van der Waals surface area contributed by atoms with E-state index in [1.807, 2.05) is 13.8 Å². The van der Waals surface area contributed by atoms with Crippen LogP contribution in [0.2, 0.25) is 0 Å². The highest BCUT2D eigenvalue weighted by Crippen LogP contribution is 2.38. The third-order valence-corrected chi connectivity index (χ3v) is 3.51. The number of rotatable bonds is 7. The van der Waals surface area contributed by atoms with Gasteiger partial charge in [-0.05, 0) is 32.1 Å². The Labute approximate surface area is 108 Å². The maximum atomic E-state index is 13.3. The van der Waals surface area contributed by atoms with E-state index in [0.717, 1.165) is 12.8 Å². The average molecular weight is 262 g/mol. The molecule has 1 aliphatic carbocycles. The van der Waals surface area contributed by atoms with Crippen LogP contribution in [0.15, 0.2) is 0 Å². The van der Waals surface area contributed by atoms with Gasteiger partial charge in [0.05, 0.1) is 0 Å². The number of alkyl halides is 2. The molecule has 1 saturated carbocycles. The second kappa shape index (κ2) is 7.17. The molecule has 0 aromatic rings. The molecule has 4 heteroatoms. The van der Waals surface area contributed by atoms with Gasteiger partial charge in [-0.3, -0.25) is 4.79 Å². The molecule has 0 saturated heterocycles. The van der Waals surface area contributed by atoms with Gasteiger partial charge in [0.25, 0.3) is 0 Å². The van der Waals surface area contributed by atoms with Crippen LogP contribution in [0.5, 0.6) is 0 Å². The SMILES string of the molecule is CCCC(OCC)C(=O)CC1CCCC(F)(F)C1. The second-order valence-corrected chi connectivity index (χ2v) is 5.22. The second-order valence-electron chi connectivity index (χ2n) is 5.22. The van der Waals surface area contributed by atoms with Crippen LogP contribution in [0, 0.1) is 5.92 Å². The summed E-state index contributed by atoms with van der Waals surface area (Å²) in [5.41, 5.74) is 0. The summed E-state index contributed by atoms with van der Waals surface area (Å²) in [6.45, 7) is 4.34. The predicted molar refractivity (Wildman–Crippen MR) is 66.9 cm³/mol. The van der Waals surface area contributed by atoms with E-state index in [1.54, 1.807) is 0 Å². The highest BCUT2D eigenvalue weighted by atomic mass is 19.3. The number of carbonyl (C=O) groups excluding carboxylic acids is 1. The zero-order valence-electron chi connectivity index (χ0n) is 11.4. The number of hydrogen-bond acceptors (Lipinski definition) is 2. The zero-order chi connectivity index (χ0) is 13.6. The largest absolute Gasteiger partial charge is 0.371 e. The predicted octanol–water partition coefficient (Wildman–Crippen LogP) is 3.98. The van der Waals surface area contributed by atoms with Crippen molar-refractivity contribution in [1.29, 1.82) is 0 Å². The first-order valence-electron chi connectivity index (χ1n) is 7.00. The minimum absolute atomic E-state index is 0.00130. The summed E-state index contributed by atoms with van der Waals surface area (Å²) in [7, 11) is 0. The molecule has 2 nitrogen and oxygen atoms in total. The van der Waals surface area contributed by atoms with Gasteiger partial charge < -0.3 is 4.74 Å². The average Bonchev–Trinajstić information content (AvgIpc) is 2.27. The molecule has 0 radical (unpaired) electrons. The molecular formula is C14H24F2O2. The van der Waals surface area contributed by atoms with Crippen LogP contribution in [0.1, 0.15) is 58.8 Å². The van der Waals surface area contributed by atoms with Crippen LogP contribution >= 0.6 is 0 Å². The molecule has 2 unspecified atom stereocenters. The van der Waals surface area contributed by atoms with Crippen molar-refractivity contribution in [3.8, 4) is 0 Å². The smallest absolute Gasteiger partial charge is 0.248 e. The standard InChI is InChI=1S/C14H24F2O2/c1-3-6-13(18-4-2)12(17)9-11-7-5-8-14(15,16)10-11/h11,13H,3-10H2,1-2H3. The fourth-order valence-corrected chi connectivity index (χ4v) is 2.67. The van der Waals surface area contributed by atoms with Crippen LogP contribution in [0.4, 0.5) is 8.78 Å². The lowest BCUT2D eigenvalue weighted by atomic mass is 9.82. The maximum absolute atomic E-state index is 13.3. The van der Waals surface area contributed by atoms with Gasteiger partial charge >= 0.3 is 0 Å². The normalized spacial score (nSPS) is 24.8. The van der Waals surface area contributed by atoms with E-state index in [9.17, 15) is 13.6 Å². The quantitative estimate of drug-likeness (QED) is 0.693. The number of ether oxygens (including phenoxy) is 1. The van der Waals surface area contributed by atoms with Crippen molar-refractivity contribution >= 4 is 5.78 Å². The van der Waals surface area contributed by atoms with Crippen molar-refractivity contribution in [1.82, 2.24) is 0 Å². The molecule has 1 fully saturated rings. The topological polar surface area (TPSA) is 26.3 Å². The van der Waals surface area contributed by atoms with E-state index in [0.29, 0.717) is 19.4 Å². The van der Waals surface area contributed by atoms with Gasteiger partial charge in [-0.25, -0.2) is 8.78 Å². The molecule has 0 bridgehead atoms. The van der Waals surface area contributed by atoms with E-state index in [4.69, 9.17) is 4.74 Å². The molecule has 0 N–H and O–H groups in total. The summed E-state index contributed by atoms with van der Waals surface area (Å²) in [4.78, 5) is 12.0. The fourth-order valence-electron chi connectivity index (χ4n) is 2.67. The van der Waals surface area contributed by atoms with Crippen LogP contribution in [-0.2, 0) is 9.53 Å². The number of Topliss-reactive ketones (excluding diaryl/α,β-unsaturated/α-hetero) is 1. The number of halogens is 2. The first-order chi connectivity index (χ1) is 8.48. The van der Waals surface area contributed by atoms with E-state index in [-0.39, 0.29) is 31.0 Å². The summed E-state index contributed by atoms with van der Waals surface area (Å²) >= 11 is 0. The first kappa shape index (κ1) is 15.5. The summed E-state index contributed by atoms with van der Waals surface area (Å²) in [6, 6.07) is 0. The first-order valence-corrected chi connectivity index (χ1v) is 7.00. The Morgan fingerprint density at radius 3 is 2.72 bits per heavy atom. The molecule has 0 aromatic heterocycles. The van der Waals surface area contributed by atoms with Crippen molar-refractivity contribution in [2.24, 2.45) is 5.92 Å². The Hall–Kier alpha value is -0.510. The van der Waals surface area contributed by atoms with Crippen LogP contribution < -0.4 is 0 Å². The number of hydrogen-bond donors (Lipinski definition) is 0. The molecule has 2 atom stereocenters. The van der Waals surface area contributed by atoms with Gasteiger partial charge in [0.1, 0.15) is 6.10 Å². The lowest BCUT2D eigenvalue weighted by Crippen LogP contribution is -2.31. The molecule has 0 amide bonds. The summed E-state index contributed by atoms with van der Waals surface area (Å²) in [6.07, 6.45) is 2.53. The Morgan fingerprint density at radius 2 is 2.17 bits per heavy atom. The molecular weight excluding hydrogens is 238 g/mol. The molecule has 18 heavy (non-hydrogen) atoms. The van der Waals surface area contributed by atoms with Gasteiger partial charge in [-0.1, -0.05) is 13.3 Å². The molecule has 1 aliphatic rings. The third kappa shape index (κ3) is 5.01. The number of carbonyl (C=O) groups is 1. The zero-order valence-corrected chi connectivity index (χ0v) is 11.4. The highest BCUT2D eigenvalue weighted by Gasteiger charge is 2.37. The summed E-state index contributed by atoms with van der Waals surface area (Å²) in [5, 5.41) is 0. The van der Waals surface area contributed by atoms with Crippen molar-refractivity contribution in [2.45, 2.75) is 70.8 Å². The van der Waals surface area contributed by atoms with Crippen LogP contribution in [0.3, 0.4) is 0 Å². The maximum Gasteiger partial charge on any atom is 0.248 e. The van der Waals surface area contributed by atoms with Crippen LogP contribution in [0.25, 0.3) is 0 Å². The lowest BCUT2D eigenvalue weighted by molar-refractivity contribution is -0.133. The highest BCUT2D eigenvalue weighted by molar-refractivity contribution is 5.83. The van der Waals surface area contributed by atoms with Crippen molar-refractivity contribution in [2.75, 3.05) is 6.61 Å². The summed E-state index contributed by atoms with van der Waals surface area (Å²) in [5.74, 6) is -2.74. The minimum atomic E-state index is -2.57. The number of ketones is 1. The molecule has 0 heterocycles. The van der Waals surface area contributed by atoms with Crippen molar-refractivity contribution < 1.29 is 18.3 Å².